The first-order chi connectivity index (χ1) is 6.63. The molecule has 1 atom stereocenters. The van der Waals surface area contributed by atoms with E-state index in [2.05, 4.69) is 4.98 Å². The fourth-order valence-corrected chi connectivity index (χ4v) is 1.00. The van der Waals surface area contributed by atoms with Crippen LogP contribution in [0, 0.1) is 0 Å². The van der Waals surface area contributed by atoms with Gasteiger partial charge in [-0.05, 0) is 6.07 Å². The lowest BCUT2D eigenvalue weighted by Gasteiger charge is -2.07. The van der Waals surface area contributed by atoms with Crippen molar-refractivity contribution in [2.24, 2.45) is 0 Å². The van der Waals surface area contributed by atoms with E-state index in [1.807, 2.05) is 0 Å². The molecular formula is C9H11NO4. The van der Waals surface area contributed by atoms with Gasteiger partial charge in [0.15, 0.2) is 0 Å². The number of hydrogen-bond acceptors (Lipinski definition) is 4. The summed E-state index contributed by atoms with van der Waals surface area (Å²) in [6.07, 6.45) is -1.46. The van der Waals surface area contributed by atoms with Crippen molar-refractivity contribution >= 4 is 5.97 Å². The first-order valence-electron chi connectivity index (χ1n) is 4.04. The fraction of sp³-hybridized carbons (Fsp3) is 0.333. The number of ether oxygens (including phenoxy) is 1. The summed E-state index contributed by atoms with van der Waals surface area (Å²) in [7, 11) is 1.45. The fourth-order valence-electron chi connectivity index (χ4n) is 1.00. The molecule has 1 heterocycles. The quantitative estimate of drug-likeness (QED) is 0.738. The third-order valence-electron chi connectivity index (χ3n) is 1.66. The Morgan fingerprint density at radius 3 is 2.93 bits per heavy atom. The predicted molar refractivity (Wildman–Crippen MR) is 48.0 cm³/mol. The highest BCUT2D eigenvalue weighted by molar-refractivity contribution is 5.67. The molecule has 0 spiro atoms. The predicted octanol–water partition coefficient (Wildman–Crippen LogP) is 0.598. The van der Waals surface area contributed by atoms with Gasteiger partial charge in [0.25, 0.3) is 0 Å². The number of aliphatic carboxylic acids is 1. The number of hydrogen-bond donors (Lipinski definition) is 2. The molecule has 0 saturated heterocycles. The molecule has 5 nitrogen and oxygen atoms in total. The summed E-state index contributed by atoms with van der Waals surface area (Å²) in [6.45, 7) is 0. The lowest BCUT2D eigenvalue weighted by Crippen LogP contribution is -2.07. The first-order valence-corrected chi connectivity index (χ1v) is 4.04. The van der Waals surface area contributed by atoms with E-state index in [-0.39, 0.29) is 6.42 Å². The third-order valence-corrected chi connectivity index (χ3v) is 1.66. The average Bonchev–Trinajstić information content (AvgIpc) is 2.17. The van der Waals surface area contributed by atoms with Gasteiger partial charge in [-0.1, -0.05) is 6.07 Å². The molecule has 0 amide bonds. The minimum Gasteiger partial charge on any atom is -0.481 e. The van der Waals surface area contributed by atoms with E-state index in [9.17, 15) is 9.90 Å². The normalized spacial score (nSPS) is 12.1. The van der Waals surface area contributed by atoms with Crippen LogP contribution < -0.4 is 4.74 Å². The zero-order chi connectivity index (χ0) is 10.6. The SMILES string of the molecule is COc1cccc([C@H](O)CC(=O)O)n1. The number of methoxy groups -OCH3 is 1. The van der Waals surface area contributed by atoms with Crippen LogP contribution >= 0.6 is 0 Å². The van der Waals surface area contributed by atoms with Gasteiger partial charge in [-0.25, -0.2) is 4.98 Å². The highest BCUT2D eigenvalue weighted by atomic mass is 16.5. The van der Waals surface area contributed by atoms with Crippen molar-refractivity contribution in [3.05, 3.63) is 23.9 Å². The van der Waals surface area contributed by atoms with Crippen molar-refractivity contribution in [3.8, 4) is 5.88 Å². The molecule has 0 aromatic carbocycles. The second-order valence-corrected chi connectivity index (χ2v) is 2.72. The van der Waals surface area contributed by atoms with Gasteiger partial charge in [0.2, 0.25) is 5.88 Å². The Morgan fingerprint density at radius 1 is 1.64 bits per heavy atom. The van der Waals surface area contributed by atoms with Crippen molar-refractivity contribution in [3.63, 3.8) is 0 Å². The third kappa shape index (κ3) is 2.70. The zero-order valence-corrected chi connectivity index (χ0v) is 7.67. The molecule has 0 aliphatic carbocycles. The number of carbonyl (C=O) groups is 1. The number of aliphatic hydroxyl groups excluding tert-OH is 1. The van der Waals surface area contributed by atoms with Crippen molar-refractivity contribution in [1.29, 1.82) is 0 Å². The van der Waals surface area contributed by atoms with E-state index >= 15 is 0 Å². The highest BCUT2D eigenvalue weighted by Crippen LogP contribution is 2.16. The maximum absolute atomic E-state index is 10.3. The summed E-state index contributed by atoms with van der Waals surface area (Å²) in [4.78, 5) is 14.2. The number of nitrogens with zero attached hydrogens (tertiary/aromatic N) is 1. The molecule has 1 aromatic rings. The minimum atomic E-state index is -1.09. The number of pyridine rings is 1. The summed E-state index contributed by atoms with van der Waals surface area (Å²) in [5.41, 5.74) is 0.298. The minimum absolute atomic E-state index is 0.298. The number of carboxylic acids is 1. The Labute approximate surface area is 81.0 Å². The summed E-state index contributed by atoms with van der Waals surface area (Å²) in [6, 6.07) is 4.82. The van der Waals surface area contributed by atoms with Crippen LogP contribution in [0.4, 0.5) is 0 Å². The number of aromatic nitrogens is 1. The lowest BCUT2D eigenvalue weighted by atomic mass is 10.2. The van der Waals surface area contributed by atoms with Crippen LogP contribution in [-0.2, 0) is 4.79 Å². The zero-order valence-electron chi connectivity index (χ0n) is 7.67. The van der Waals surface area contributed by atoms with Crippen molar-refractivity contribution in [2.75, 3.05) is 7.11 Å². The summed E-state index contributed by atoms with van der Waals surface area (Å²) >= 11 is 0. The molecule has 0 radical (unpaired) electrons. The molecule has 0 aliphatic rings. The van der Waals surface area contributed by atoms with Crippen LogP contribution in [0.2, 0.25) is 0 Å². The maximum Gasteiger partial charge on any atom is 0.306 e. The molecule has 14 heavy (non-hydrogen) atoms. The Bertz CT molecular complexity index is 326. The standard InChI is InChI=1S/C9H11NO4/c1-14-8-4-2-3-6(10-8)7(11)5-9(12)13/h2-4,7,11H,5H2,1H3,(H,12,13)/t7-/m1/s1. The second-order valence-electron chi connectivity index (χ2n) is 2.72. The molecule has 1 aromatic heterocycles. The van der Waals surface area contributed by atoms with Crippen LogP contribution in [0.15, 0.2) is 18.2 Å². The second kappa shape index (κ2) is 4.57. The van der Waals surface area contributed by atoms with E-state index in [1.165, 1.54) is 7.11 Å². The highest BCUT2D eigenvalue weighted by Gasteiger charge is 2.13. The van der Waals surface area contributed by atoms with Gasteiger partial charge in [0, 0.05) is 6.07 Å². The van der Waals surface area contributed by atoms with Crippen LogP contribution in [0.25, 0.3) is 0 Å². The first kappa shape index (κ1) is 10.5. The molecule has 1 rings (SSSR count). The molecular weight excluding hydrogens is 186 g/mol. The molecule has 0 saturated carbocycles. The van der Waals surface area contributed by atoms with E-state index in [4.69, 9.17) is 9.84 Å². The van der Waals surface area contributed by atoms with Gasteiger partial charge in [0.05, 0.1) is 19.2 Å². The Morgan fingerprint density at radius 2 is 2.36 bits per heavy atom. The largest absolute Gasteiger partial charge is 0.481 e. The number of rotatable bonds is 4. The van der Waals surface area contributed by atoms with Gasteiger partial charge in [-0.2, -0.15) is 0 Å². The average molecular weight is 197 g/mol. The van der Waals surface area contributed by atoms with Gasteiger partial charge in [-0.3, -0.25) is 4.79 Å². The van der Waals surface area contributed by atoms with Crippen molar-refractivity contribution < 1.29 is 19.7 Å². The van der Waals surface area contributed by atoms with E-state index in [0.29, 0.717) is 11.6 Å². The van der Waals surface area contributed by atoms with E-state index in [1.54, 1.807) is 18.2 Å². The molecule has 0 fully saturated rings. The van der Waals surface area contributed by atoms with Crippen LogP contribution in [-0.4, -0.2) is 28.3 Å². The van der Waals surface area contributed by atoms with Crippen molar-refractivity contribution in [1.82, 2.24) is 4.98 Å². The molecule has 0 aliphatic heterocycles. The van der Waals surface area contributed by atoms with Gasteiger partial charge in [0.1, 0.15) is 6.10 Å². The monoisotopic (exact) mass is 197 g/mol. The summed E-state index contributed by atoms with van der Waals surface area (Å²) in [5.74, 6) is -0.714. The lowest BCUT2D eigenvalue weighted by molar-refractivity contribution is -0.139. The number of aliphatic hydroxyl groups is 1. The summed E-state index contributed by atoms with van der Waals surface area (Å²) in [5, 5.41) is 17.9. The van der Waals surface area contributed by atoms with Crippen LogP contribution in [0.1, 0.15) is 18.2 Å². The van der Waals surface area contributed by atoms with Gasteiger partial charge < -0.3 is 14.9 Å². The van der Waals surface area contributed by atoms with Crippen molar-refractivity contribution in [2.45, 2.75) is 12.5 Å². The van der Waals surface area contributed by atoms with Crippen LogP contribution in [0.5, 0.6) is 5.88 Å². The van der Waals surface area contributed by atoms with Gasteiger partial charge >= 0.3 is 5.97 Å². The van der Waals surface area contributed by atoms with E-state index < -0.39 is 12.1 Å². The molecule has 5 heteroatoms. The van der Waals surface area contributed by atoms with Crippen LogP contribution in [0.3, 0.4) is 0 Å². The Balaban J connectivity index is 2.78. The Hall–Kier alpha value is -1.62. The number of carboxylic acid groups (broad SMARTS) is 1. The molecule has 76 valence electrons. The Kier molecular flexibility index (Phi) is 3.41. The topological polar surface area (TPSA) is 79.7 Å². The summed E-state index contributed by atoms with van der Waals surface area (Å²) < 4.78 is 4.84. The molecule has 0 bridgehead atoms. The smallest absolute Gasteiger partial charge is 0.306 e. The molecule has 0 unspecified atom stereocenters. The van der Waals surface area contributed by atoms with E-state index in [0.717, 1.165) is 0 Å². The van der Waals surface area contributed by atoms with Gasteiger partial charge in [-0.15, -0.1) is 0 Å². The molecule has 2 N–H and O–H groups in total. The maximum atomic E-state index is 10.3.